The number of amides is 2. The van der Waals surface area contributed by atoms with E-state index in [4.69, 9.17) is 0 Å². The van der Waals surface area contributed by atoms with Gasteiger partial charge < -0.3 is 9.80 Å². The van der Waals surface area contributed by atoms with Crippen molar-refractivity contribution in [1.82, 2.24) is 14.5 Å². The van der Waals surface area contributed by atoms with Crippen LogP contribution in [0.1, 0.15) is 18.5 Å². The molecular weight excluding hydrogens is 342 g/mol. The number of nitrogens with one attached hydrogen (secondary N) is 1. The molecule has 2 heterocycles. The Morgan fingerprint density at radius 3 is 2.44 bits per heavy atom. The van der Waals surface area contributed by atoms with Crippen molar-refractivity contribution < 1.29 is 18.0 Å². The molecule has 1 aromatic rings. The second-order valence-electron chi connectivity index (χ2n) is 6.84. The molecule has 0 unspecified atom stereocenters. The standard InChI is InChI=1S/C17H23N3O4S/c1-12(21)20-10-14-9-19(16(22)8-18-25(2,23)24)11-15(14)17(20)13-6-4-3-5-7-13/h3-7,14-15,17-18H,8-11H2,1-2H3/t14-,15-,17+/m1/s1. The van der Waals surface area contributed by atoms with E-state index < -0.39 is 10.0 Å². The lowest BCUT2D eigenvalue weighted by Gasteiger charge is -2.29. The number of sulfonamides is 1. The summed E-state index contributed by atoms with van der Waals surface area (Å²) in [6.07, 6.45) is 1.04. The minimum Gasteiger partial charge on any atom is -0.341 e. The molecule has 0 aromatic heterocycles. The molecular formula is C17H23N3O4S. The molecule has 25 heavy (non-hydrogen) atoms. The molecule has 3 rings (SSSR count). The number of carbonyl (C=O) groups excluding carboxylic acids is 2. The van der Waals surface area contributed by atoms with Crippen LogP contribution in [0.25, 0.3) is 0 Å². The van der Waals surface area contributed by atoms with Gasteiger partial charge in [0, 0.05) is 38.4 Å². The lowest BCUT2D eigenvalue weighted by molar-refractivity contribution is -0.131. The third-order valence-electron chi connectivity index (χ3n) is 5.05. The van der Waals surface area contributed by atoms with E-state index in [1.165, 1.54) is 0 Å². The molecule has 136 valence electrons. The molecule has 0 saturated carbocycles. The number of hydrogen-bond donors (Lipinski definition) is 1. The third-order valence-corrected chi connectivity index (χ3v) is 5.72. The molecule has 3 atom stereocenters. The van der Waals surface area contributed by atoms with E-state index in [9.17, 15) is 18.0 Å². The minimum absolute atomic E-state index is 0.0376. The Morgan fingerprint density at radius 2 is 1.84 bits per heavy atom. The van der Waals surface area contributed by atoms with Crippen molar-refractivity contribution in [3.05, 3.63) is 35.9 Å². The number of likely N-dealkylation sites (tertiary alicyclic amines) is 2. The summed E-state index contributed by atoms with van der Waals surface area (Å²) in [5.74, 6) is 0.214. The molecule has 8 heteroatoms. The highest BCUT2D eigenvalue weighted by atomic mass is 32.2. The van der Waals surface area contributed by atoms with Gasteiger partial charge >= 0.3 is 0 Å². The first kappa shape index (κ1) is 17.9. The van der Waals surface area contributed by atoms with Crippen molar-refractivity contribution in [2.24, 2.45) is 11.8 Å². The van der Waals surface area contributed by atoms with E-state index in [1.807, 2.05) is 35.2 Å². The zero-order valence-corrected chi connectivity index (χ0v) is 15.2. The zero-order chi connectivity index (χ0) is 18.2. The normalized spacial score (nSPS) is 25.9. The van der Waals surface area contributed by atoms with Gasteiger partial charge in [0.15, 0.2) is 0 Å². The van der Waals surface area contributed by atoms with Crippen molar-refractivity contribution in [3.63, 3.8) is 0 Å². The smallest absolute Gasteiger partial charge is 0.237 e. The highest BCUT2D eigenvalue weighted by Gasteiger charge is 2.49. The van der Waals surface area contributed by atoms with Crippen LogP contribution in [0.4, 0.5) is 0 Å². The molecule has 2 saturated heterocycles. The number of nitrogens with zero attached hydrogens (tertiary/aromatic N) is 2. The lowest BCUT2D eigenvalue weighted by atomic mass is 9.89. The second-order valence-corrected chi connectivity index (χ2v) is 8.68. The van der Waals surface area contributed by atoms with E-state index in [1.54, 1.807) is 11.8 Å². The Labute approximate surface area is 148 Å². The van der Waals surface area contributed by atoms with Gasteiger partial charge in [-0.05, 0) is 5.56 Å². The van der Waals surface area contributed by atoms with Crippen LogP contribution in [0.3, 0.4) is 0 Å². The maximum atomic E-state index is 12.3. The first-order valence-corrected chi connectivity index (χ1v) is 10.2. The fourth-order valence-corrected chi connectivity index (χ4v) is 4.34. The number of hydrogen-bond acceptors (Lipinski definition) is 4. The molecule has 0 aliphatic carbocycles. The SMILES string of the molecule is CC(=O)N1C[C@H]2CN(C(=O)CNS(C)(=O)=O)C[C@H]2[C@@H]1c1ccccc1. The predicted octanol–water partition coefficient (Wildman–Crippen LogP) is 0.214. The monoisotopic (exact) mass is 365 g/mol. The van der Waals surface area contributed by atoms with Crippen molar-refractivity contribution in [2.45, 2.75) is 13.0 Å². The maximum Gasteiger partial charge on any atom is 0.237 e. The van der Waals surface area contributed by atoms with Crippen molar-refractivity contribution in [1.29, 1.82) is 0 Å². The van der Waals surface area contributed by atoms with Crippen LogP contribution in [0.5, 0.6) is 0 Å². The van der Waals surface area contributed by atoms with Gasteiger partial charge in [-0.3, -0.25) is 9.59 Å². The highest BCUT2D eigenvalue weighted by Crippen LogP contribution is 2.44. The zero-order valence-electron chi connectivity index (χ0n) is 14.4. The van der Waals surface area contributed by atoms with Crippen LogP contribution >= 0.6 is 0 Å². The topological polar surface area (TPSA) is 86.8 Å². The summed E-state index contributed by atoms with van der Waals surface area (Å²) in [5.41, 5.74) is 1.08. The molecule has 0 bridgehead atoms. The third kappa shape index (κ3) is 3.85. The van der Waals surface area contributed by atoms with E-state index in [0.717, 1.165) is 11.8 Å². The van der Waals surface area contributed by atoms with Gasteiger partial charge in [-0.1, -0.05) is 30.3 Å². The predicted molar refractivity (Wildman–Crippen MR) is 93.0 cm³/mol. The largest absolute Gasteiger partial charge is 0.341 e. The van der Waals surface area contributed by atoms with Crippen LogP contribution in [-0.2, 0) is 19.6 Å². The summed E-state index contributed by atoms with van der Waals surface area (Å²) in [5, 5.41) is 0. The van der Waals surface area contributed by atoms with E-state index >= 15 is 0 Å². The summed E-state index contributed by atoms with van der Waals surface area (Å²) >= 11 is 0. The Balaban J connectivity index is 1.75. The molecule has 0 spiro atoms. The molecule has 0 radical (unpaired) electrons. The van der Waals surface area contributed by atoms with Gasteiger partial charge in [-0.25, -0.2) is 13.1 Å². The van der Waals surface area contributed by atoms with E-state index in [0.29, 0.717) is 19.6 Å². The molecule has 2 aliphatic rings. The summed E-state index contributed by atoms with van der Waals surface area (Å²) in [7, 11) is -3.39. The Kier molecular flexibility index (Phi) is 4.83. The van der Waals surface area contributed by atoms with Crippen LogP contribution < -0.4 is 4.72 Å². The number of benzene rings is 1. The number of carbonyl (C=O) groups is 2. The molecule has 2 amide bonds. The average molecular weight is 365 g/mol. The number of rotatable bonds is 4. The second kappa shape index (κ2) is 6.76. The van der Waals surface area contributed by atoms with Gasteiger partial charge in [0.1, 0.15) is 0 Å². The summed E-state index contributed by atoms with van der Waals surface area (Å²) in [6.45, 7) is 3.09. The Morgan fingerprint density at radius 1 is 1.16 bits per heavy atom. The van der Waals surface area contributed by atoms with Crippen LogP contribution in [0.2, 0.25) is 0 Å². The number of fused-ring (bicyclic) bond motifs is 1. The van der Waals surface area contributed by atoms with Crippen molar-refractivity contribution in [3.8, 4) is 0 Å². The minimum atomic E-state index is -3.39. The van der Waals surface area contributed by atoms with Gasteiger partial charge in [-0.2, -0.15) is 0 Å². The van der Waals surface area contributed by atoms with E-state index in [-0.39, 0.29) is 36.2 Å². The first-order chi connectivity index (χ1) is 11.8. The fraction of sp³-hybridized carbons (Fsp3) is 0.529. The lowest BCUT2D eigenvalue weighted by Crippen LogP contribution is -2.41. The average Bonchev–Trinajstić information content (AvgIpc) is 3.10. The molecule has 2 aliphatic heterocycles. The van der Waals surface area contributed by atoms with Gasteiger partial charge in [-0.15, -0.1) is 0 Å². The molecule has 7 nitrogen and oxygen atoms in total. The van der Waals surface area contributed by atoms with Crippen LogP contribution in [0, 0.1) is 11.8 Å². The summed E-state index contributed by atoms with van der Waals surface area (Å²) < 4.78 is 24.6. The van der Waals surface area contributed by atoms with Crippen molar-refractivity contribution in [2.75, 3.05) is 32.4 Å². The Bertz CT molecular complexity index is 765. The summed E-state index contributed by atoms with van der Waals surface area (Å²) in [4.78, 5) is 28.0. The van der Waals surface area contributed by atoms with Gasteiger partial charge in [0.25, 0.3) is 0 Å². The van der Waals surface area contributed by atoms with Crippen molar-refractivity contribution >= 4 is 21.8 Å². The van der Waals surface area contributed by atoms with Crippen LogP contribution in [-0.4, -0.2) is 62.5 Å². The Hall–Kier alpha value is -1.93. The van der Waals surface area contributed by atoms with Crippen LogP contribution in [0.15, 0.2) is 30.3 Å². The highest BCUT2D eigenvalue weighted by molar-refractivity contribution is 7.88. The van der Waals surface area contributed by atoms with Gasteiger partial charge in [0.05, 0.1) is 18.8 Å². The maximum absolute atomic E-state index is 12.3. The first-order valence-electron chi connectivity index (χ1n) is 8.31. The fourth-order valence-electron chi connectivity index (χ4n) is 3.95. The van der Waals surface area contributed by atoms with Gasteiger partial charge in [0.2, 0.25) is 21.8 Å². The molecule has 1 N–H and O–H groups in total. The summed E-state index contributed by atoms with van der Waals surface area (Å²) in [6, 6.07) is 9.83. The molecule has 1 aromatic carbocycles. The molecule has 2 fully saturated rings. The quantitative estimate of drug-likeness (QED) is 0.827. The van der Waals surface area contributed by atoms with E-state index in [2.05, 4.69) is 4.72 Å².